The zero-order chi connectivity index (χ0) is 19.6. The molecule has 2 aromatic carbocycles. The van der Waals surface area contributed by atoms with Gasteiger partial charge in [-0.15, -0.1) is 0 Å². The van der Waals surface area contributed by atoms with Gasteiger partial charge in [-0.05, 0) is 36.4 Å². The zero-order valence-corrected chi connectivity index (χ0v) is 16.1. The smallest absolute Gasteiger partial charge is 0.336 e. The average molecular weight is 355 g/mol. The fourth-order valence-corrected chi connectivity index (χ4v) is 2.69. The van der Waals surface area contributed by atoms with E-state index in [0.29, 0.717) is 5.56 Å². The van der Waals surface area contributed by atoms with Gasteiger partial charge in [0.1, 0.15) is 0 Å². The van der Waals surface area contributed by atoms with Gasteiger partial charge >= 0.3 is 5.97 Å². The highest BCUT2D eigenvalue weighted by molar-refractivity contribution is 6.17. The van der Waals surface area contributed by atoms with Crippen molar-refractivity contribution in [3.8, 4) is 0 Å². The van der Waals surface area contributed by atoms with Crippen LogP contribution in [-0.2, 0) is 0 Å². The summed E-state index contributed by atoms with van der Waals surface area (Å²) in [7, 11) is 11.2. The van der Waals surface area contributed by atoms with Crippen molar-refractivity contribution in [3.05, 3.63) is 53.1 Å². The number of hydrogen-bond donors (Lipinski definition) is 1. The molecule has 6 heteroatoms. The van der Waals surface area contributed by atoms with E-state index >= 15 is 0 Å². The van der Waals surface area contributed by atoms with Crippen molar-refractivity contribution in [2.45, 2.75) is 0 Å². The van der Waals surface area contributed by atoms with E-state index in [1.807, 2.05) is 64.2 Å². The lowest BCUT2D eigenvalue weighted by Crippen LogP contribution is -2.18. The molecule has 1 N–H and O–H groups in total. The van der Waals surface area contributed by atoms with Gasteiger partial charge in [0.15, 0.2) is 5.78 Å². The average Bonchev–Trinajstić information content (AvgIpc) is 2.59. The summed E-state index contributed by atoms with van der Waals surface area (Å²) in [5.41, 5.74) is 3.10. The van der Waals surface area contributed by atoms with Crippen molar-refractivity contribution >= 4 is 28.8 Å². The van der Waals surface area contributed by atoms with Gasteiger partial charge in [-0.2, -0.15) is 0 Å². The highest BCUT2D eigenvalue weighted by Gasteiger charge is 2.22. The minimum atomic E-state index is -1.12. The van der Waals surface area contributed by atoms with Crippen LogP contribution in [0.3, 0.4) is 0 Å². The fraction of sp³-hybridized carbons (Fsp3) is 0.300. The molecule has 0 aliphatic heterocycles. The van der Waals surface area contributed by atoms with Gasteiger partial charge in [-0.1, -0.05) is 0 Å². The van der Waals surface area contributed by atoms with Gasteiger partial charge in [0.25, 0.3) is 0 Å². The second-order valence-electron chi connectivity index (χ2n) is 6.75. The first-order chi connectivity index (χ1) is 12.1. The second-order valence-corrected chi connectivity index (χ2v) is 6.75. The summed E-state index contributed by atoms with van der Waals surface area (Å²) in [5.74, 6) is -1.42. The molecule has 0 aliphatic carbocycles. The quantitative estimate of drug-likeness (QED) is 0.804. The predicted octanol–water partition coefficient (Wildman–Crippen LogP) is 2.81. The normalized spacial score (nSPS) is 10.4. The Morgan fingerprint density at radius 1 is 0.692 bits per heavy atom. The molecule has 2 rings (SSSR count). The summed E-state index contributed by atoms with van der Waals surface area (Å²) in [5, 5.41) is 9.58. The topological polar surface area (TPSA) is 64.1 Å². The van der Waals surface area contributed by atoms with Gasteiger partial charge in [-0.25, -0.2) is 4.79 Å². The van der Waals surface area contributed by atoms with Crippen LogP contribution in [0.2, 0.25) is 0 Å². The summed E-state index contributed by atoms with van der Waals surface area (Å²) in [6, 6.07) is 10.4. The Morgan fingerprint density at radius 2 is 1.19 bits per heavy atom. The molecule has 0 atom stereocenters. The lowest BCUT2D eigenvalue weighted by molar-refractivity contribution is 0.0693. The van der Waals surface area contributed by atoms with Crippen molar-refractivity contribution < 1.29 is 14.7 Å². The number of carbonyl (C=O) groups excluding carboxylic acids is 1. The second kappa shape index (κ2) is 7.47. The number of benzene rings is 2. The molecule has 138 valence electrons. The van der Waals surface area contributed by atoms with E-state index in [0.717, 1.165) is 17.1 Å². The number of hydrogen-bond acceptors (Lipinski definition) is 5. The van der Waals surface area contributed by atoms with Crippen LogP contribution in [0, 0.1) is 0 Å². The first kappa shape index (κ1) is 19.3. The van der Waals surface area contributed by atoms with Crippen LogP contribution >= 0.6 is 0 Å². The third kappa shape index (κ3) is 3.79. The van der Waals surface area contributed by atoms with E-state index in [1.54, 1.807) is 23.1 Å². The van der Waals surface area contributed by atoms with Crippen LogP contribution in [0.25, 0.3) is 0 Å². The highest BCUT2D eigenvalue weighted by Crippen LogP contribution is 2.29. The molecule has 6 nitrogen and oxygen atoms in total. The van der Waals surface area contributed by atoms with Crippen molar-refractivity contribution in [3.63, 3.8) is 0 Å². The number of ketones is 1. The third-order valence-corrected chi connectivity index (χ3v) is 4.22. The maximum absolute atomic E-state index is 13.1. The number of carbonyl (C=O) groups is 2. The predicted molar refractivity (Wildman–Crippen MR) is 106 cm³/mol. The first-order valence-electron chi connectivity index (χ1n) is 8.21. The molecule has 0 bridgehead atoms. The molecule has 0 heterocycles. The van der Waals surface area contributed by atoms with Crippen LogP contribution in [0.1, 0.15) is 26.3 Å². The molecule has 26 heavy (non-hydrogen) atoms. The molecule has 0 radical (unpaired) electrons. The van der Waals surface area contributed by atoms with E-state index in [2.05, 4.69) is 0 Å². The summed E-state index contributed by atoms with van der Waals surface area (Å²) < 4.78 is 0. The van der Waals surface area contributed by atoms with Gasteiger partial charge < -0.3 is 19.8 Å². The maximum atomic E-state index is 13.1. The summed E-state index contributed by atoms with van der Waals surface area (Å²) in [6.45, 7) is 0. The molecule has 0 fully saturated rings. The van der Waals surface area contributed by atoms with Crippen molar-refractivity contribution in [1.29, 1.82) is 0 Å². The van der Waals surface area contributed by atoms with Crippen LogP contribution in [-0.4, -0.2) is 59.1 Å². The number of carboxylic acids is 1. The molecular formula is C20H25N3O3. The van der Waals surface area contributed by atoms with Crippen LogP contribution < -0.4 is 14.7 Å². The lowest BCUT2D eigenvalue weighted by Gasteiger charge is -2.21. The zero-order valence-electron chi connectivity index (χ0n) is 16.1. The highest BCUT2D eigenvalue weighted by atomic mass is 16.4. The molecule has 0 unspecified atom stereocenters. The lowest BCUT2D eigenvalue weighted by atomic mass is 9.96. The SMILES string of the molecule is CN(C)c1ccc(C(=O)c2ccc(N(C)C)cc2N(C)C)c(C(=O)O)c1. The standard InChI is InChI=1S/C20H25N3O3/c1-21(2)13-7-9-15(17(11-13)20(25)26)19(24)16-10-8-14(22(3)4)12-18(16)23(5)6/h7-12H,1-6H3,(H,25,26). The number of nitrogens with zero attached hydrogens (tertiary/aromatic N) is 3. The molecule has 0 aliphatic rings. The Kier molecular flexibility index (Phi) is 5.55. The largest absolute Gasteiger partial charge is 0.478 e. The molecular weight excluding hydrogens is 330 g/mol. The van der Waals surface area contributed by atoms with Crippen LogP contribution in [0.5, 0.6) is 0 Å². The Hall–Kier alpha value is -3.02. The Bertz CT molecular complexity index is 842. The molecule has 0 amide bonds. The van der Waals surface area contributed by atoms with Crippen LogP contribution in [0.15, 0.2) is 36.4 Å². The van der Waals surface area contributed by atoms with Gasteiger partial charge in [-0.3, -0.25) is 4.79 Å². The molecule has 0 saturated carbocycles. The Morgan fingerprint density at radius 3 is 1.65 bits per heavy atom. The summed E-state index contributed by atoms with van der Waals surface area (Å²) >= 11 is 0. The van der Waals surface area contributed by atoms with Gasteiger partial charge in [0.2, 0.25) is 0 Å². The van der Waals surface area contributed by atoms with Crippen LogP contribution in [0.4, 0.5) is 17.1 Å². The number of rotatable bonds is 6. The molecule has 2 aromatic rings. The first-order valence-corrected chi connectivity index (χ1v) is 8.21. The van der Waals surface area contributed by atoms with E-state index in [4.69, 9.17) is 0 Å². The number of anilines is 3. The van der Waals surface area contributed by atoms with Crippen molar-refractivity contribution in [2.75, 3.05) is 57.0 Å². The van der Waals surface area contributed by atoms with E-state index in [-0.39, 0.29) is 16.9 Å². The fourth-order valence-electron chi connectivity index (χ4n) is 2.69. The Balaban J connectivity index is 2.61. The summed E-state index contributed by atoms with van der Waals surface area (Å²) in [6.07, 6.45) is 0. The third-order valence-electron chi connectivity index (χ3n) is 4.22. The molecule has 0 spiro atoms. The maximum Gasteiger partial charge on any atom is 0.336 e. The Labute approximate surface area is 154 Å². The monoisotopic (exact) mass is 355 g/mol. The minimum absolute atomic E-state index is 0.00240. The van der Waals surface area contributed by atoms with Crippen molar-refractivity contribution in [2.24, 2.45) is 0 Å². The van der Waals surface area contributed by atoms with E-state index in [1.165, 1.54) is 6.07 Å². The number of carboxylic acid groups (broad SMARTS) is 1. The van der Waals surface area contributed by atoms with E-state index < -0.39 is 5.97 Å². The molecule has 0 saturated heterocycles. The van der Waals surface area contributed by atoms with Gasteiger partial charge in [0.05, 0.1) is 5.56 Å². The van der Waals surface area contributed by atoms with Gasteiger partial charge in [0, 0.05) is 70.5 Å². The summed E-state index contributed by atoms with van der Waals surface area (Å²) in [4.78, 5) is 30.5. The molecule has 0 aromatic heterocycles. The minimum Gasteiger partial charge on any atom is -0.478 e. The van der Waals surface area contributed by atoms with Crippen molar-refractivity contribution in [1.82, 2.24) is 0 Å². The van der Waals surface area contributed by atoms with E-state index in [9.17, 15) is 14.7 Å². The number of aromatic carboxylic acids is 1.